The summed E-state index contributed by atoms with van der Waals surface area (Å²) in [4.78, 5) is 23.8. The Balaban J connectivity index is 2.70. The van der Waals surface area contributed by atoms with E-state index in [1.165, 1.54) is 13.0 Å². The first-order chi connectivity index (χ1) is 8.15. The van der Waals surface area contributed by atoms with Gasteiger partial charge in [0, 0.05) is 13.0 Å². The van der Waals surface area contributed by atoms with Crippen LogP contribution in [0.4, 0.5) is 0 Å². The smallest absolute Gasteiger partial charge is 0.253 e. The van der Waals surface area contributed by atoms with Gasteiger partial charge in [-0.1, -0.05) is 30.3 Å². The molecule has 4 heteroatoms. The Labute approximate surface area is 100 Å². The fourth-order valence-corrected chi connectivity index (χ4v) is 1.34. The average Bonchev–Trinajstić information content (AvgIpc) is 2.34. The first-order valence-electron chi connectivity index (χ1n) is 5.31. The van der Waals surface area contributed by atoms with Crippen molar-refractivity contribution in [3.8, 4) is 0 Å². The van der Waals surface area contributed by atoms with E-state index in [4.69, 9.17) is 5.11 Å². The standard InChI is InChI=1S/C13H15NO3/c1-11(16)14(9-10-15)13(17)8-7-12-5-3-2-4-6-12/h2-8,15H,9-10H2,1H3/b8-7+. The predicted molar refractivity (Wildman–Crippen MR) is 65.0 cm³/mol. The molecule has 1 N–H and O–H groups in total. The number of benzene rings is 1. The van der Waals surface area contributed by atoms with Crippen molar-refractivity contribution in [2.24, 2.45) is 0 Å². The number of carbonyl (C=O) groups excluding carboxylic acids is 2. The van der Waals surface area contributed by atoms with E-state index < -0.39 is 5.91 Å². The minimum absolute atomic E-state index is 0.0211. The molecule has 17 heavy (non-hydrogen) atoms. The van der Waals surface area contributed by atoms with Crippen LogP contribution in [0.5, 0.6) is 0 Å². The Morgan fingerprint density at radius 1 is 1.29 bits per heavy atom. The second kappa shape index (κ2) is 6.60. The van der Waals surface area contributed by atoms with Crippen LogP contribution in [0.1, 0.15) is 12.5 Å². The SMILES string of the molecule is CC(=O)N(CCO)C(=O)/C=C/c1ccccc1. The molecule has 0 unspecified atom stereocenters. The first kappa shape index (κ1) is 13.1. The number of hydrogen-bond donors (Lipinski definition) is 1. The maximum absolute atomic E-state index is 11.7. The molecule has 1 aromatic rings. The minimum Gasteiger partial charge on any atom is -0.395 e. The van der Waals surface area contributed by atoms with Gasteiger partial charge in [-0.05, 0) is 11.6 Å². The summed E-state index contributed by atoms with van der Waals surface area (Å²) in [6.45, 7) is 1.09. The number of rotatable bonds is 4. The second-order valence-electron chi connectivity index (χ2n) is 3.48. The molecule has 4 nitrogen and oxygen atoms in total. The van der Waals surface area contributed by atoms with Crippen molar-refractivity contribution >= 4 is 17.9 Å². The zero-order chi connectivity index (χ0) is 12.7. The number of carbonyl (C=O) groups is 2. The van der Waals surface area contributed by atoms with Crippen molar-refractivity contribution in [3.05, 3.63) is 42.0 Å². The maximum Gasteiger partial charge on any atom is 0.253 e. The molecule has 0 bridgehead atoms. The fourth-order valence-electron chi connectivity index (χ4n) is 1.34. The summed E-state index contributed by atoms with van der Waals surface area (Å²) < 4.78 is 0. The van der Waals surface area contributed by atoms with Crippen LogP contribution in [-0.4, -0.2) is 35.0 Å². The zero-order valence-electron chi connectivity index (χ0n) is 9.67. The lowest BCUT2D eigenvalue weighted by atomic mass is 10.2. The normalized spacial score (nSPS) is 10.5. The quantitative estimate of drug-likeness (QED) is 0.791. The van der Waals surface area contributed by atoms with Gasteiger partial charge < -0.3 is 5.11 Å². The van der Waals surface area contributed by atoms with Gasteiger partial charge in [-0.2, -0.15) is 0 Å². The van der Waals surface area contributed by atoms with E-state index in [9.17, 15) is 9.59 Å². The third-order valence-electron chi connectivity index (χ3n) is 2.19. The molecule has 0 aliphatic rings. The van der Waals surface area contributed by atoms with E-state index in [1.54, 1.807) is 6.08 Å². The number of amides is 2. The van der Waals surface area contributed by atoms with Gasteiger partial charge in [0.1, 0.15) is 0 Å². The molecule has 0 aliphatic carbocycles. The molecule has 1 aromatic carbocycles. The van der Waals surface area contributed by atoms with Crippen LogP contribution >= 0.6 is 0 Å². The highest BCUT2D eigenvalue weighted by Crippen LogP contribution is 2.02. The van der Waals surface area contributed by atoms with Gasteiger partial charge in [0.25, 0.3) is 5.91 Å². The zero-order valence-corrected chi connectivity index (χ0v) is 9.67. The van der Waals surface area contributed by atoms with E-state index in [0.717, 1.165) is 10.5 Å². The number of aliphatic hydroxyl groups is 1. The molecule has 0 spiro atoms. The van der Waals surface area contributed by atoms with Gasteiger partial charge in [0.05, 0.1) is 13.2 Å². The molecule has 90 valence electrons. The monoisotopic (exact) mass is 233 g/mol. The summed E-state index contributed by atoms with van der Waals surface area (Å²) in [5.74, 6) is -0.794. The lowest BCUT2D eigenvalue weighted by Gasteiger charge is -2.15. The van der Waals surface area contributed by atoms with E-state index >= 15 is 0 Å². The third-order valence-corrected chi connectivity index (χ3v) is 2.19. The van der Waals surface area contributed by atoms with Crippen molar-refractivity contribution in [1.29, 1.82) is 0 Å². The maximum atomic E-state index is 11.7. The highest BCUT2D eigenvalue weighted by atomic mass is 16.3. The molecular weight excluding hydrogens is 218 g/mol. The molecule has 1 rings (SSSR count). The van der Waals surface area contributed by atoms with E-state index in [1.807, 2.05) is 30.3 Å². The largest absolute Gasteiger partial charge is 0.395 e. The van der Waals surface area contributed by atoms with Crippen LogP contribution in [0.15, 0.2) is 36.4 Å². The third kappa shape index (κ3) is 4.20. The van der Waals surface area contributed by atoms with Crippen LogP contribution in [0.25, 0.3) is 6.08 Å². The Kier molecular flexibility index (Phi) is 5.10. The molecule has 0 fully saturated rings. The summed E-state index contributed by atoms with van der Waals surface area (Å²) in [6, 6.07) is 9.32. The minimum atomic E-state index is -0.421. The Hall–Kier alpha value is -1.94. The number of aliphatic hydroxyl groups excluding tert-OH is 1. The van der Waals surface area contributed by atoms with Crippen molar-refractivity contribution in [1.82, 2.24) is 4.90 Å². The lowest BCUT2D eigenvalue weighted by molar-refractivity contribution is -0.140. The number of nitrogens with zero attached hydrogens (tertiary/aromatic N) is 1. The summed E-state index contributed by atoms with van der Waals surface area (Å²) in [6.07, 6.45) is 2.96. The van der Waals surface area contributed by atoms with Gasteiger partial charge in [0.2, 0.25) is 5.91 Å². The lowest BCUT2D eigenvalue weighted by Crippen LogP contribution is -2.36. The predicted octanol–water partition coefficient (Wildman–Crippen LogP) is 1.07. The Bertz CT molecular complexity index is 412. The van der Waals surface area contributed by atoms with Crippen LogP contribution in [0.3, 0.4) is 0 Å². The van der Waals surface area contributed by atoms with Crippen molar-refractivity contribution < 1.29 is 14.7 Å². The van der Waals surface area contributed by atoms with E-state index in [-0.39, 0.29) is 19.1 Å². The van der Waals surface area contributed by atoms with Gasteiger partial charge in [-0.3, -0.25) is 14.5 Å². The number of hydrogen-bond acceptors (Lipinski definition) is 3. The molecule has 0 saturated heterocycles. The molecule has 0 aromatic heterocycles. The molecule has 0 aliphatic heterocycles. The van der Waals surface area contributed by atoms with Crippen molar-refractivity contribution in [2.75, 3.05) is 13.2 Å². The molecule has 0 heterocycles. The molecular formula is C13H15NO3. The first-order valence-corrected chi connectivity index (χ1v) is 5.31. The topological polar surface area (TPSA) is 57.6 Å². The average molecular weight is 233 g/mol. The Morgan fingerprint density at radius 3 is 2.47 bits per heavy atom. The van der Waals surface area contributed by atoms with Gasteiger partial charge in [0.15, 0.2) is 0 Å². The van der Waals surface area contributed by atoms with Crippen LogP contribution in [0, 0.1) is 0 Å². The van der Waals surface area contributed by atoms with Crippen LogP contribution in [-0.2, 0) is 9.59 Å². The van der Waals surface area contributed by atoms with Crippen molar-refractivity contribution in [2.45, 2.75) is 6.92 Å². The molecule has 2 amide bonds. The molecule has 0 radical (unpaired) electrons. The van der Waals surface area contributed by atoms with Gasteiger partial charge >= 0.3 is 0 Å². The fraction of sp³-hybridized carbons (Fsp3) is 0.231. The second-order valence-corrected chi connectivity index (χ2v) is 3.48. The highest BCUT2D eigenvalue weighted by molar-refractivity contribution is 6.02. The molecule has 0 atom stereocenters. The van der Waals surface area contributed by atoms with E-state index in [0.29, 0.717) is 0 Å². The Morgan fingerprint density at radius 2 is 1.94 bits per heavy atom. The molecule has 0 saturated carbocycles. The summed E-state index contributed by atoms with van der Waals surface area (Å²) >= 11 is 0. The van der Waals surface area contributed by atoms with Gasteiger partial charge in [-0.25, -0.2) is 0 Å². The summed E-state index contributed by atoms with van der Waals surface area (Å²) in [7, 11) is 0. The van der Waals surface area contributed by atoms with Gasteiger partial charge in [-0.15, -0.1) is 0 Å². The van der Waals surface area contributed by atoms with Crippen LogP contribution < -0.4 is 0 Å². The van der Waals surface area contributed by atoms with Crippen molar-refractivity contribution in [3.63, 3.8) is 0 Å². The van der Waals surface area contributed by atoms with Crippen LogP contribution in [0.2, 0.25) is 0 Å². The van der Waals surface area contributed by atoms with E-state index in [2.05, 4.69) is 0 Å². The summed E-state index contributed by atoms with van der Waals surface area (Å²) in [5, 5.41) is 8.75. The number of imide groups is 1. The highest BCUT2D eigenvalue weighted by Gasteiger charge is 2.13. The summed E-state index contributed by atoms with van der Waals surface area (Å²) in [5.41, 5.74) is 0.883.